The second kappa shape index (κ2) is 6.05. The standard InChI is InChI=1S/C10H15N2O9P/c1-4-2-6(13)11-10(16)12(4)9-8(15)7(14)5(21-9)3-20-22(17,18)19/h2,5,7-9,14-15H,3H2,1H3,(H,11,13,16)(H2,17,18,19)/t5-,7+,8?,9?/m1/s1. The number of nitrogens with zero attached hydrogens (tertiary/aromatic N) is 1. The maximum Gasteiger partial charge on any atom is 0.469 e. The van der Waals surface area contributed by atoms with E-state index in [-0.39, 0.29) is 5.69 Å². The van der Waals surface area contributed by atoms with Gasteiger partial charge in [0.25, 0.3) is 5.56 Å². The highest BCUT2D eigenvalue weighted by Crippen LogP contribution is 2.38. The van der Waals surface area contributed by atoms with E-state index in [1.54, 1.807) is 0 Å². The van der Waals surface area contributed by atoms with Gasteiger partial charge in [0, 0.05) is 11.8 Å². The molecule has 0 radical (unpaired) electrons. The van der Waals surface area contributed by atoms with E-state index >= 15 is 0 Å². The number of hydrogen-bond donors (Lipinski definition) is 5. The Morgan fingerprint density at radius 3 is 2.55 bits per heavy atom. The largest absolute Gasteiger partial charge is 0.469 e. The topological polar surface area (TPSA) is 171 Å². The van der Waals surface area contributed by atoms with Crippen molar-refractivity contribution in [2.24, 2.45) is 0 Å². The monoisotopic (exact) mass is 338 g/mol. The molecule has 2 unspecified atom stereocenters. The molecule has 0 aromatic carbocycles. The van der Waals surface area contributed by atoms with Crippen LogP contribution in [-0.4, -0.2) is 54.5 Å². The summed E-state index contributed by atoms with van der Waals surface area (Å²) in [5.41, 5.74) is -1.30. The van der Waals surface area contributed by atoms with Crippen molar-refractivity contribution in [3.63, 3.8) is 0 Å². The first-order valence-corrected chi connectivity index (χ1v) is 7.67. The van der Waals surface area contributed by atoms with Crippen molar-refractivity contribution in [2.45, 2.75) is 31.5 Å². The van der Waals surface area contributed by atoms with Gasteiger partial charge in [0.2, 0.25) is 0 Å². The minimum Gasteiger partial charge on any atom is -0.387 e. The van der Waals surface area contributed by atoms with Crippen molar-refractivity contribution in [1.82, 2.24) is 9.55 Å². The van der Waals surface area contributed by atoms with Crippen molar-refractivity contribution in [2.75, 3.05) is 6.61 Å². The number of H-pyrrole nitrogens is 1. The smallest absolute Gasteiger partial charge is 0.387 e. The molecule has 0 aliphatic carbocycles. The first-order chi connectivity index (χ1) is 10.1. The van der Waals surface area contributed by atoms with Gasteiger partial charge in [-0.15, -0.1) is 0 Å². The van der Waals surface area contributed by atoms with Crippen LogP contribution in [0, 0.1) is 6.92 Å². The highest BCUT2D eigenvalue weighted by Gasteiger charge is 2.45. The van der Waals surface area contributed by atoms with Crippen molar-refractivity contribution in [3.8, 4) is 0 Å². The molecule has 1 fully saturated rings. The Kier molecular flexibility index (Phi) is 4.68. The Labute approximate surface area is 123 Å². The SMILES string of the molecule is Cc1cc(=O)[nH]c(=O)n1C1O[C@H](COP(=O)(O)O)[C@H](O)C1O. The van der Waals surface area contributed by atoms with Crippen molar-refractivity contribution < 1.29 is 33.8 Å². The van der Waals surface area contributed by atoms with E-state index in [9.17, 15) is 24.4 Å². The number of aryl methyl sites for hydroxylation is 1. The first kappa shape index (κ1) is 17.0. The summed E-state index contributed by atoms with van der Waals surface area (Å²) < 4.78 is 21.0. The number of ether oxygens (including phenoxy) is 1. The van der Waals surface area contributed by atoms with Crippen LogP contribution in [0.25, 0.3) is 0 Å². The Morgan fingerprint density at radius 1 is 1.36 bits per heavy atom. The van der Waals surface area contributed by atoms with Gasteiger partial charge in [0.15, 0.2) is 6.23 Å². The lowest BCUT2D eigenvalue weighted by Gasteiger charge is -2.19. The average Bonchev–Trinajstić information content (AvgIpc) is 2.63. The number of aliphatic hydroxyl groups excluding tert-OH is 2. The van der Waals surface area contributed by atoms with E-state index in [2.05, 4.69) is 4.52 Å². The third-order valence-electron chi connectivity index (χ3n) is 3.17. The van der Waals surface area contributed by atoms with Crippen LogP contribution in [0.3, 0.4) is 0 Å². The van der Waals surface area contributed by atoms with Gasteiger partial charge in [-0.05, 0) is 6.92 Å². The third kappa shape index (κ3) is 3.52. The van der Waals surface area contributed by atoms with Crippen LogP contribution >= 0.6 is 7.82 Å². The van der Waals surface area contributed by atoms with Gasteiger partial charge in [-0.3, -0.25) is 18.9 Å². The molecule has 0 bridgehead atoms. The average molecular weight is 338 g/mol. The molecule has 1 saturated heterocycles. The summed E-state index contributed by atoms with van der Waals surface area (Å²) in [6.07, 6.45) is -5.67. The lowest BCUT2D eigenvalue weighted by molar-refractivity contribution is -0.0552. The fourth-order valence-corrected chi connectivity index (χ4v) is 2.53. The Balaban J connectivity index is 2.26. The summed E-state index contributed by atoms with van der Waals surface area (Å²) in [5.74, 6) is 0. The van der Waals surface area contributed by atoms with Gasteiger partial charge in [-0.1, -0.05) is 0 Å². The van der Waals surface area contributed by atoms with E-state index in [0.29, 0.717) is 0 Å². The molecule has 1 aliphatic heterocycles. The second-order valence-corrected chi connectivity index (χ2v) is 6.02. The van der Waals surface area contributed by atoms with Crippen molar-refractivity contribution in [1.29, 1.82) is 0 Å². The van der Waals surface area contributed by atoms with Gasteiger partial charge in [-0.25, -0.2) is 9.36 Å². The van der Waals surface area contributed by atoms with Gasteiger partial charge in [-0.2, -0.15) is 0 Å². The van der Waals surface area contributed by atoms with Gasteiger partial charge in [0.1, 0.15) is 18.3 Å². The molecule has 1 aromatic heterocycles. The molecule has 11 nitrogen and oxygen atoms in total. The molecule has 1 aliphatic rings. The molecule has 124 valence electrons. The quantitative estimate of drug-likeness (QED) is 0.374. The number of rotatable bonds is 4. The minimum atomic E-state index is -4.77. The molecule has 0 spiro atoms. The molecule has 2 heterocycles. The number of phosphoric acid groups is 1. The maximum atomic E-state index is 11.8. The zero-order chi connectivity index (χ0) is 16.7. The third-order valence-corrected chi connectivity index (χ3v) is 3.65. The number of aromatic nitrogens is 2. The van der Waals surface area contributed by atoms with Crippen molar-refractivity contribution >= 4 is 7.82 Å². The summed E-state index contributed by atoms with van der Waals surface area (Å²) in [7, 11) is -4.77. The molecular formula is C10H15N2O9P. The van der Waals surface area contributed by atoms with E-state index in [1.807, 2.05) is 4.98 Å². The molecule has 12 heteroatoms. The fourth-order valence-electron chi connectivity index (χ4n) is 2.19. The van der Waals surface area contributed by atoms with E-state index in [1.165, 1.54) is 6.92 Å². The normalized spacial score (nSPS) is 29.0. The lowest BCUT2D eigenvalue weighted by Crippen LogP contribution is -2.39. The maximum absolute atomic E-state index is 11.8. The molecule has 1 aromatic rings. The second-order valence-electron chi connectivity index (χ2n) is 4.78. The predicted octanol–water partition coefficient (Wildman–Crippen LogP) is -2.43. The van der Waals surface area contributed by atoms with Crippen LogP contribution in [0.1, 0.15) is 11.9 Å². The van der Waals surface area contributed by atoms with Crippen LogP contribution in [0.4, 0.5) is 0 Å². The molecule has 2 rings (SSSR count). The first-order valence-electron chi connectivity index (χ1n) is 6.14. The van der Waals surface area contributed by atoms with E-state index in [0.717, 1.165) is 10.6 Å². The van der Waals surface area contributed by atoms with Crippen molar-refractivity contribution in [3.05, 3.63) is 32.6 Å². The number of aromatic amines is 1. The number of nitrogens with one attached hydrogen (secondary N) is 1. The Bertz CT molecular complexity index is 707. The molecule has 4 atom stereocenters. The lowest BCUT2D eigenvalue weighted by atomic mass is 10.1. The molecule has 0 amide bonds. The Hall–Kier alpha value is -1.33. The Morgan fingerprint density at radius 2 is 2.00 bits per heavy atom. The predicted molar refractivity (Wildman–Crippen MR) is 70.0 cm³/mol. The molecular weight excluding hydrogens is 323 g/mol. The summed E-state index contributed by atoms with van der Waals surface area (Å²) >= 11 is 0. The van der Waals surface area contributed by atoms with Gasteiger partial charge < -0.3 is 24.7 Å². The summed E-state index contributed by atoms with van der Waals surface area (Å²) in [4.78, 5) is 42.2. The van der Waals surface area contributed by atoms with Gasteiger partial charge in [0.05, 0.1) is 6.61 Å². The van der Waals surface area contributed by atoms with Crippen LogP contribution in [-0.2, 0) is 13.8 Å². The highest BCUT2D eigenvalue weighted by molar-refractivity contribution is 7.46. The van der Waals surface area contributed by atoms with Crippen LogP contribution in [0.2, 0.25) is 0 Å². The highest BCUT2D eigenvalue weighted by atomic mass is 31.2. The van der Waals surface area contributed by atoms with E-state index < -0.39 is 50.2 Å². The van der Waals surface area contributed by atoms with Crippen LogP contribution in [0.5, 0.6) is 0 Å². The minimum absolute atomic E-state index is 0.182. The van der Waals surface area contributed by atoms with E-state index in [4.69, 9.17) is 14.5 Å². The number of aliphatic hydroxyl groups is 2. The summed E-state index contributed by atoms with van der Waals surface area (Å²) in [6.45, 7) is 0.745. The fraction of sp³-hybridized carbons (Fsp3) is 0.600. The molecule has 22 heavy (non-hydrogen) atoms. The number of hydrogen-bond acceptors (Lipinski definition) is 7. The summed E-state index contributed by atoms with van der Waals surface area (Å²) in [5, 5.41) is 19.8. The van der Waals surface area contributed by atoms with Crippen LogP contribution < -0.4 is 11.2 Å². The molecule has 5 N–H and O–H groups in total. The molecule has 0 saturated carbocycles. The zero-order valence-corrected chi connectivity index (χ0v) is 12.2. The summed E-state index contributed by atoms with van der Waals surface area (Å²) in [6, 6.07) is 1.10. The number of phosphoric ester groups is 1. The van der Waals surface area contributed by atoms with Gasteiger partial charge >= 0.3 is 13.5 Å². The van der Waals surface area contributed by atoms with Crippen LogP contribution in [0.15, 0.2) is 15.7 Å². The zero-order valence-electron chi connectivity index (χ0n) is 11.3.